The molecule has 148 valence electrons. The van der Waals surface area contributed by atoms with Crippen LogP contribution in [0, 0.1) is 11.3 Å². The Morgan fingerprint density at radius 3 is 2.93 bits per heavy atom. The summed E-state index contributed by atoms with van der Waals surface area (Å²) in [7, 11) is 0. The highest BCUT2D eigenvalue weighted by Gasteiger charge is 2.50. The third kappa shape index (κ3) is 4.18. The molecule has 2 N–H and O–H groups in total. The molecule has 3 atom stereocenters. The highest BCUT2D eigenvalue weighted by molar-refractivity contribution is 5.83. The molecule has 1 aromatic heterocycles. The molecule has 2 aliphatic heterocycles. The van der Waals surface area contributed by atoms with Gasteiger partial charge in [-0.2, -0.15) is 0 Å². The smallest absolute Gasteiger partial charge is 0.227 e. The first-order valence-corrected chi connectivity index (χ1v) is 10.5. The van der Waals surface area contributed by atoms with Crippen molar-refractivity contribution in [2.75, 3.05) is 45.9 Å². The number of nitrogens with one attached hydrogen (secondary N) is 2. The minimum Gasteiger partial charge on any atom is -0.379 e. The summed E-state index contributed by atoms with van der Waals surface area (Å²) >= 11 is 0. The van der Waals surface area contributed by atoms with Gasteiger partial charge in [0, 0.05) is 44.6 Å². The summed E-state index contributed by atoms with van der Waals surface area (Å²) in [4.78, 5) is 19.9. The Labute approximate surface area is 162 Å². The van der Waals surface area contributed by atoms with E-state index in [1.165, 1.54) is 5.56 Å². The standard InChI is InChI=1S/C21H32N4O2/c26-20(24-10-4-17-2-7-22-8-3-17)21-6-1-19(25-11-13-27-14-12-25)15-18(21)5-9-23-16-21/h2-3,7-8,18-19,23H,1,4-6,9-16H2,(H,24,26)/t18-,19+,21-/m1/s1. The van der Waals surface area contributed by atoms with Crippen molar-refractivity contribution in [3.8, 4) is 0 Å². The van der Waals surface area contributed by atoms with E-state index < -0.39 is 0 Å². The summed E-state index contributed by atoms with van der Waals surface area (Å²) in [6, 6.07) is 4.65. The van der Waals surface area contributed by atoms with Crippen LogP contribution in [0.5, 0.6) is 0 Å². The average molecular weight is 373 g/mol. The average Bonchev–Trinajstić information content (AvgIpc) is 2.74. The topological polar surface area (TPSA) is 66.5 Å². The van der Waals surface area contributed by atoms with Gasteiger partial charge in [0.25, 0.3) is 0 Å². The first kappa shape index (κ1) is 18.8. The van der Waals surface area contributed by atoms with E-state index in [-0.39, 0.29) is 11.3 Å². The van der Waals surface area contributed by atoms with Crippen LogP contribution >= 0.6 is 0 Å². The van der Waals surface area contributed by atoms with Gasteiger partial charge >= 0.3 is 0 Å². The van der Waals surface area contributed by atoms with E-state index in [4.69, 9.17) is 4.74 Å². The molecule has 0 unspecified atom stereocenters. The van der Waals surface area contributed by atoms with Crippen molar-refractivity contribution in [1.82, 2.24) is 20.5 Å². The number of ether oxygens (including phenoxy) is 1. The quantitative estimate of drug-likeness (QED) is 0.814. The van der Waals surface area contributed by atoms with Gasteiger partial charge in [0.2, 0.25) is 5.91 Å². The van der Waals surface area contributed by atoms with Crippen LogP contribution in [-0.2, 0) is 16.0 Å². The molecule has 2 saturated heterocycles. The Hall–Kier alpha value is -1.50. The van der Waals surface area contributed by atoms with Crippen LogP contribution in [-0.4, -0.2) is 67.8 Å². The van der Waals surface area contributed by atoms with E-state index in [1.807, 2.05) is 24.5 Å². The van der Waals surface area contributed by atoms with E-state index in [2.05, 4.69) is 20.5 Å². The molecule has 3 fully saturated rings. The van der Waals surface area contributed by atoms with E-state index in [9.17, 15) is 4.79 Å². The van der Waals surface area contributed by atoms with Gasteiger partial charge < -0.3 is 15.4 Å². The second kappa shape index (κ2) is 8.67. The van der Waals surface area contributed by atoms with Gasteiger partial charge in [0.15, 0.2) is 0 Å². The third-order valence-electron chi connectivity index (χ3n) is 6.83. The molecular weight excluding hydrogens is 340 g/mol. The number of fused-ring (bicyclic) bond motifs is 1. The van der Waals surface area contributed by atoms with Crippen LogP contribution < -0.4 is 10.6 Å². The zero-order valence-electron chi connectivity index (χ0n) is 16.2. The highest BCUT2D eigenvalue weighted by atomic mass is 16.5. The van der Waals surface area contributed by atoms with Gasteiger partial charge in [-0.25, -0.2) is 0 Å². The Bertz CT molecular complexity index is 620. The maximum absolute atomic E-state index is 13.2. The van der Waals surface area contributed by atoms with Crippen LogP contribution in [0.15, 0.2) is 24.5 Å². The van der Waals surface area contributed by atoms with Crippen molar-refractivity contribution in [2.45, 2.75) is 38.1 Å². The fraction of sp³-hybridized carbons (Fsp3) is 0.714. The molecule has 0 radical (unpaired) electrons. The van der Waals surface area contributed by atoms with Crippen LogP contribution in [0.2, 0.25) is 0 Å². The van der Waals surface area contributed by atoms with Crippen molar-refractivity contribution in [1.29, 1.82) is 0 Å². The molecule has 3 aliphatic rings. The number of morpholine rings is 1. The number of hydrogen-bond acceptors (Lipinski definition) is 5. The Morgan fingerprint density at radius 2 is 2.11 bits per heavy atom. The lowest BCUT2D eigenvalue weighted by Gasteiger charge is -2.50. The van der Waals surface area contributed by atoms with E-state index in [0.29, 0.717) is 18.5 Å². The predicted octanol–water partition coefficient (Wildman–Crippen LogP) is 1.22. The van der Waals surface area contributed by atoms with Crippen LogP contribution in [0.1, 0.15) is 31.2 Å². The zero-order chi connectivity index (χ0) is 18.5. The Kier molecular flexibility index (Phi) is 6.05. The Morgan fingerprint density at radius 1 is 1.30 bits per heavy atom. The van der Waals surface area contributed by atoms with Crippen molar-refractivity contribution in [2.24, 2.45) is 11.3 Å². The fourth-order valence-corrected chi connectivity index (χ4v) is 5.21. The molecule has 6 heteroatoms. The van der Waals surface area contributed by atoms with Crippen molar-refractivity contribution in [3.63, 3.8) is 0 Å². The van der Waals surface area contributed by atoms with Crippen molar-refractivity contribution >= 4 is 5.91 Å². The highest BCUT2D eigenvalue weighted by Crippen LogP contribution is 2.46. The fourth-order valence-electron chi connectivity index (χ4n) is 5.21. The molecule has 6 nitrogen and oxygen atoms in total. The molecule has 1 aromatic rings. The second-order valence-electron chi connectivity index (χ2n) is 8.26. The van der Waals surface area contributed by atoms with Gasteiger partial charge in [0.05, 0.1) is 18.6 Å². The monoisotopic (exact) mass is 372 g/mol. The number of hydrogen-bond donors (Lipinski definition) is 2. The van der Waals surface area contributed by atoms with Crippen molar-refractivity contribution in [3.05, 3.63) is 30.1 Å². The molecule has 0 aromatic carbocycles. The molecule has 27 heavy (non-hydrogen) atoms. The van der Waals surface area contributed by atoms with Crippen LogP contribution in [0.3, 0.4) is 0 Å². The summed E-state index contributed by atoms with van der Waals surface area (Å²) in [5, 5.41) is 6.76. The summed E-state index contributed by atoms with van der Waals surface area (Å²) in [5.41, 5.74) is 0.997. The first-order valence-electron chi connectivity index (χ1n) is 10.5. The number of nitrogens with zero attached hydrogens (tertiary/aromatic N) is 2. The number of carbonyl (C=O) groups is 1. The van der Waals surface area contributed by atoms with Gasteiger partial charge in [0.1, 0.15) is 0 Å². The molecule has 1 aliphatic carbocycles. The second-order valence-corrected chi connectivity index (χ2v) is 8.26. The minimum absolute atomic E-state index is 0.223. The van der Waals surface area contributed by atoms with E-state index in [1.54, 1.807) is 0 Å². The predicted molar refractivity (Wildman–Crippen MR) is 104 cm³/mol. The number of piperidine rings is 1. The lowest BCUT2D eigenvalue weighted by molar-refractivity contribution is -0.140. The number of amides is 1. The third-order valence-corrected chi connectivity index (χ3v) is 6.83. The lowest BCUT2D eigenvalue weighted by atomic mass is 9.61. The Balaban J connectivity index is 1.36. The normalized spacial score (nSPS) is 31.9. The van der Waals surface area contributed by atoms with Gasteiger partial charge in [-0.1, -0.05) is 0 Å². The molecule has 0 spiro atoms. The molecule has 1 amide bonds. The largest absolute Gasteiger partial charge is 0.379 e. The summed E-state index contributed by atoms with van der Waals surface area (Å²) in [6.45, 7) is 6.35. The molecular formula is C21H32N4O2. The zero-order valence-corrected chi connectivity index (χ0v) is 16.2. The lowest BCUT2D eigenvalue weighted by Crippen LogP contribution is -2.60. The summed E-state index contributed by atoms with van der Waals surface area (Å²) in [6.07, 6.45) is 8.86. The first-order chi connectivity index (χ1) is 13.3. The van der Waals surface area contributed by atoms with Gasteiger partial charge in [-0.15, -0.1) is 0 Å². The van der Waals surface area contributed by atoms with Gasteiger partial charge in [-0.05, 0) is 62.3 Å². The van der Waals surface area contributed by atoms with E-state index in [0.717, 1.165) is 71.5 Å². The maximum atomic E-state index is 13.2. The van der Waals surface area contributed by atoms with Crippen LogP contribution in [0.4, 0.5) is 0 Å². The maximum Gasteiger partial charge on any atom is 0.227 e. The van der Waals surface area contributed by atoms with E-state index >= 15 is 0 Å². The van der Waals surface area contributed by atoms with Crippen LogP contribution in [0.25, 0.3) is 0 Å². The number of aromatic nitrogens is 1. The number of rotatable bonds is 5. The molecule has 3 heterocycles. The van der Waals surface area contributed by atoms with Crippen molar-refractivity contribution < 1.29 is 9.53 Å². The minimum atomic E-state index is -0.223. The summed E-state index contributed by atoms with van der Waals surface area (Å²) < 4.78 is 5.52. The molecule has 1 saturated carbocycles. The SMILES string of the molecule is O=C(NCCc1ccncc1)[C@@]12CC[C@H](N3CCOCC3)C[C@H]1CCNC2. The van der Waals surface area contributed by atoms with Gasteiger partial charge in [-0.3, -0.25) is 14.7 Å². The molecule has 0 bridgehead atoms. The molecule has 4 rings (SSSR count). The summed E-state index contributed by atoms with van der Waals surface area (Å²) in [5.74, 6) is 0.746. The number of carbonyl (C=O) groups excluding carboxylic acids is 1. The number of pyridine rings is 1.